The number of nitrogens with zero attached hydrogens (tertiary/aromatic N) is 3. The third-order valence-electron chi connectivity index (χ3n) is 2.18. The summed E-state index contributed by atoms with van der Waals surface area (Å²) in [6.07, 6.45) is 5.26. The van der Waals surface area contributed by atoms with Gasteiger partial charge in [-0.25, -0.2) is 4.98 Å². The van der Waals surface area contributed by atoms with Crippen molar-refractivity contribution in [3.63, 3.8) is 0 Å². The first kappa shape index (κ1) is 8.11. The number of hydrogen-bond donors (Lipinski definition) is 1. The number of aromatic amines is 1. The molecule has 3 rings (SSSR count). The molecule has 3 aromatic rings. The van der Waals surface area contributed by atoms with Crippen LogP contribution in [0.3, 0.4) is 0 Å². The molecule has 0 aliphatic heterocycles. The Morgan fingerprint density at radius 1 is 1.20 bits per heavy atom. The summed E-state index contributed by atoms with van der Waals surface area (Å²) in [7, 11) is 0. The molecule has 0 saturated heterocycles. The molecule has 4 nitrogen and oxygen atoms in total. The number of benzene rings is 1. The largest absolute Gasteiger partial charge is 0.285 e. The Balaban J connectivity index is 2.22. The molecule has 1 N–H and O–H groups in total. The lowest BCUT2D eigenvalue weighted by Gasteiger charge is -1.98. The predicted molar refractivity (Wildman–Crippen MR) is 56.0 cm³/mol. The van der Waals surface area contributed by atoms with Gasteiger partial charge in [0.25, 0.3) is 0 Å². The van der Waals surface area contributed by atoms with Crippen LogP contribution in [-0.4, -0.2) is 20.2 Å². The van der Waals surface area contributed by atoms with Crippen molar-refractivity contribution in [2.24, 2.45) is 0 Å². The van der Waals surface area contributed by atoms with E-state index in [2.05, 4.69) is 26.2 Å². The molecule has 0 amide bonds. The van der Waals surface area contributed by atoms with E-state index in [-0.39, 0.29) is 0 Å². The molecule has 71 valence electrons. The Morgan fingerprint density at radius 3 is 3.07 bits per heavy atom. The minimum Gasteiger partial charge on any atom is -0.285 e. The van der Waals surface area contributed by atoms with E-state index >= 15 is 0 Å². The van der Waals surface area contributed by atoms with Gasteiger partial charge in [-0.1, -0.05) is 6.07 Å². The quantitative estimate of drug-likeness (QED) is 0.644. The van der Waals surface area contributed by atoms with Gasteiger partial charge in [-0.05, 0) is 18.2 Å². The van der Waals surface area contributed by atoms with Gasteiger partial charge in [0.05, 0.1) is 29.1 Å². The topological polar surface area (TPSA) is 54.5 Å². The van der Waals surface area contributed by atoms with Crippen LogP contribution >= 0.6 is 0 Å². The minimum absolute atomic E-state index is 0.816. The lowest BCUT2D eigenvalue weighted by Crippen LogP contribution is -1.86. The average Bonchev–Trinajstić information content (AvgIpc) is 2.82. The zero-order valence-electron chi connectivity index (χ0n) is 7.81. The van der Waals surface area contributed by atoms with E-state index < -0.39 is 0 Å². The van der Waals surface area contributed by atoms with Crippen molar-refractivity contribution < 1.29 is 0 Å². The van der Waals surface area contributed by atoms with Crippen molar-refractivity contribution in [3.8, 4) is 11.3 Å². The van der Waals surface area contributed by atoms with Gasteiger partial charge in [-0.15, -0.1) is 0 Å². The highest BCUT2D eigenvalue weighted by atomic mass is 15.1. The summed E-state index contributed by atoms with van der Waals surface area (Å²) in [4.78, 5) is 8.78. The Labute approximate surface area is 86.0 Å². The SMILES string of the molecule is [c]1ccc2ncc(-c3cn[nH]c3)nc2c1. The molecule has 0 atom stereocenters. The van der Waals surface area contributed by atoms with Gasteiger partial charge in [-0.3, -0.25) is 10.1 Å². The maximum Gasteiger partial charge on any atom is 0.0924 e. The molecule has 1 aromatic carbocycles. The molecule has 0 aliphatic rings. The van der Waals surface area contributed by atoms with Crippen LogP contribution in [0.1, 0.15) is 0 Å². The second kappa shape index (κ2) is 3.16. The summed E-state index contributed by atoms with van der Waals surface area (Å²) in [5.41, 5.74) is 3.47. The highest BCUT2D eigenvalue weighted by Crippen LogP contribution is 2.16. The molecule has 15 heavy (non-hydrogen) atoms. The lowest BCUT2D eigenvalue weighted by molar-refractivity contribution is 1.09. The fraction of sp³-hybridized carbons (Fsp3) is 0. The third-order valence-corrected chi connectivity index (χ3v) is 2.18. The average molecular weight is 195 g/mol. The second-order valence-electron chi connectivity index (χ2n) is 3.16. The Morgan fingerprint density at radius 2 is 2.20 bits per heavy atom. The van der Waals surface area contributed by atoms with E-state index in [1.807, 2.05) is 18.2 Å². The summed E-state index contributed by atoms with van der Waals surface area (Å²) >= 11 is 0. The molecule has 0 fully saturated rings. The molecule has 2 heterocycles. The Kier molecular flexibility index (Phi) is 1.71. The van der Waals surface area contributed by atoms with E-state index in [1.165, 1.54) is 0 Å². The first-order chi connectivity index (χ1) is 7.43. The Bertz CT molecular complexity index is 586. The molecule has 0 spiro atoms. The van der Waals surface area contributed by atoms with Crippen molar-refractivity contribution in [2.75, 3.05) is 0 Å². The molecule has 2 aromatic heterocycles. The van der Waals surface area contributed by atoms with Crippen molar-refractivity contribution in [1.82, 2.24) is 20.2 Å². The molecule has 0 saturated carbocycles. The van der Waals surface area contributed by atoms with Gasteiger partial charge >= 0.3 is 0 Å². The normalized spacial score (nSPS) is 10.7. The zero-order chi connectivity index (χ0) is 10.1. The van der Waals surface area contributed by atoms with Crippen LogP contribution in [0.2, 0.25) is 0 Å². The van der Waals surface area contributed by atoms with E-state index in [1.54, 1.807) is 18.6 Å². The first-order valence-corrected chi connectivity index (χ1v) is 4.55. The zero-order valence-corrected chi connectivity index (χ0v) is 7.81. The summed E-state index contributed by atoms with van der Waals surface area (Å²) < 4.78 is 0. The maximum atomic E-state index is 4.46. The number of hydrogen-bond acceptors (Lipinski definition) is 3. The molecule has 0 aliphatic carbocycles. The maximum absolute atomic E-state index is 4.46. The van der Waals surface area contributed by atoms with Crippen LogP contribution in [0.5, 0.6) is 0 Å². The van der Waals surface area contributed by atoms with Gasteiger partial charge in [0.15, 0.2) is 0 Å². The summed E-state index contributed by atoms with van der Waals surface area (Å²) in [5.74, 6) is 0. The van der Waals surface area contributed by atoms with E-state index in [9.17, 15) is 0 Å². The van der Waals surface area contributed by atoms with Gasteiger partial charge < -0.3 is 0 Å². The summed E-state index contributed by atoms with van der Waals surface area (Å²) in [6.45, 7) is 0. The minimum atomic E-state index is 0.816. The van der Waals surface area contributed by atoms with Crippen LogP contribution in [0, 0.1) is 6.07 Å². The van der Waals surface area contributed by atoms with E-state index in [0.29, 0.717) is 0 Å². The third kappa shape index (κ3) is 1.36. The van der Waals surface area contributed by atoms with Crippen LogP contribution in [-0.2, 0) is 0 Å². The number of fused-ring (bicyclic) bond motifs is 1. The number of rotatable bonds is 1. The first-order valence-electron chi connectivity index (χ1n) is 4.55. The predicted octanol–water partition coefficient (Wildman–Crippen LogP) is 1.82. The number of aromatic nitrogens is 4. The molecule has 0 bridgehead atoms. The summed E-state index contributed by atoms with van der Waals surface area (Å²) in [5, 5.41) is 6.63. The number of nitrogens with one attached hydrogen (secondary N) is 1. The van der Waals surface area contributed by atoms with Crippen LogP contribution in [0.15, 0.2) is 36.8 Å². The Hall–Kier alpha value is -2.23. The summed E-state index contributed by atoms with van der Waals surface area (Å²) in [6, 6.07) is 8.53. The van der Waals surface area contributed by atoms with E-state index in [0.717, 1.165) is 22.3 Å². The molecule has 1 radical (unpaired) electrons. The van der Waals surface area contributed by atoms with Crippen LogP contribution in [0.4, 0.5) is 0 Å². The van der Waals surface area contributed by atoms with Crippen molar-refractivity contribution in [1.29, 1.82) is 0 Å². The standard InChI is InChI=1S/C11H7N4/c1-2-4-10-9(3-1)12-7-11(15-10)8-5-13-14-6-8/h1,3-7H,(H,13,14). The lowest BCUT2D eigenvalue weighted by atomic mass is 10.2. The van der Waals surface area contributed by atoms with Gasteiger partial charge in [-0.2, -0.15) is 5.10 Å². The van der Waals surface area contributed by atoms with Crippen LogP contribution < -0.4 is 0 Å². The van der Waals surface area contributed by atoms with Gasteiger partial charge in [0.1, 0.15) is 0 Å². The fourth-order valence-corrected chi connectivity index (χ4v) is 1.43. The molecular weight excluding hydrogens is 188 g/mol. The monoisotopic (exact) mass is 195 g/mol. The van der Waals surface area contributed by atoms with Gasteiger partial charge in [0, 0.05) is 11.8 Å². The highest BCUT2D eigenvalue weighted by Gasteiger charge is 2.02. The molecular formula is C11H7N4. The van der Waals surface area contributed by atoms with Crippen molar-refractivity contribution in [3.05, 3.63) is 42.9 Å². The van der Waals surface area contributed by atoms with Gasteiger partial charge in [0.2, 0.25) is 0 Å². The number of H-pyrrole nitrogens is 1. The molecule has 4 heteroatoms. The second-order valence-corrected chi connectivity index (χ2v) is 3.16. The van der Waals surface area contributed by atoms with Crippen molar-refractivity contribution in [2.45, 2.75) is 0 Å². The molecule has 0 unspecified atom stereocenters. The van der Waals surface area contributed by atoms with E-state index in [4.69, 9.17) is 0 Å². The van der Waals surface area contributed by atoms with Crippen LogP contribution in [0.25, 0.3) is 22.3 Å². The highest BCUT2D eigenvalue weighted by molar-refractivity contribution is 5.76. The fourth-order valence-electron chi connectivity index (χ4n) is 1.43. The smallest absolute Gasteiger partial charge is 0.0924 e. The van der Waals surface area contributed by atoms with Crippen molar-refractivity contribution >= 4 is 11.0 Å².